The number of hydrogen-bond acceptors (Lipinski definition) is 6. The van der Waals surface area contributed by atoms with Crippen molar-refractivity contribution in [2.75, 3.05) is 20.0 Å². The van der Waals surface area contributed by atoms with Crippen molar-refractivity contribution in [3.05, 3.63) is 84.6 Å². The van der Waals surface area contributed by atoms with Gasteiger partial charge >= 0.3 is 0 Å². The third-order valence-electron chi connectivity index (χ3n) is 6.40. The van der Waals surface area contributed by atoms with Crippen LogP contribution in [0, 0.1) is 0 Å². The molecule has 0 bridgehead atoms. The van der Waals surface area contributed by atoms with Crippen LogP contribution < -0.4 is 19.9 Å². The van der Waals surface area contributed by atoms with Crippen molar-refractivity contribution in [3.63, 3.8) is 0 Å². The van der Waals surface area contributed by atoms with Crippen LogP contribution in [0.15, 0.2) is 79.0 Å². The van der Waals surface area contributed by atoms with Crippen molar-refractivity contribution in [2.24, 2.45) is 0 Å². The van der Waals surface area contributed by atoms with E-state index in [4.69, 9.17) is 19.9 Å². The number of H-pyrrole nitrogens is 2. The normalized spacial score (nSPS) is 11.2. The summed E-state index contributed by atoms with van der Waals surface area (Å²) in [6.45, 7) is 0.384. The largest absolute Gasteiger partial charge is 0.497 e. The minimum atomic E-state index is 0.384. The van der Waals surface area contributed by atoms with Crippen LogP contribution in [0.2, 0.25) is 0 Å². The van der Waals surface area contributed by atoms with E-state index < -0.39 is 0 Å². The van der Waals surface area contributed by atoms with Gasteiger partial charge in [0.25, 0.3) is 0 Å². The van der Waals surface area contributed by atoms with E-state index in [9.17, 15) is 0 Å². The molecule has 0 amide bonds. The number of nitrogens with zero attached hydrogens (tertiary/aromatic N) is 2. The summed E-state index contributed by atoms with van der Waals surface area (Å²) in [5.74, 6) is 2.69. The number of methoxy groups -OCH3 is 2. The molecule has 0 unspecified atom stereocenters. The Morgan fingerprint density at radius 1 is 0.811 bits per heavy atom. The first-order valence-corrected chi connectivity index (χ1v) is 11.8. The maximum Gasteiger partial charge on any atom is 0.153 e. The Kier molecular flexibility index (Phi) is 5.61. The van der Waals surface area contributed by atoms with Crippen LogP contribution in [0.1, 0.15) is 5.56 Å². The van der Waals surface area contributed by atoms with Gasteiger partial charge in [-0.15, -0.1) is 0 Å². The van der Waals surface area contributed by atoms with Crippen LogP contribution in [-0.2, 0) is 6.61 Å². The second kappa shape index (κ2) is 9.23. The van der Waals surface area contributed by atoms with E-state index >= 15 is 0 Å². The Morgan fingerprint density at radius 2 is 1.65 bits per heavy atom. The number of nitrogens with two attached hydrogens (primary N) is 1. The molecule has 0 aliphatic carbocycles. The van der Waals surface area contributed by atoms with Gasteiger partial charge in [-0.2, -0.15) is 5.10 Å². The molecule has 3 aromatic heterocycles. The second-order valence-electron chi connectivity index (χ2n) is 8.71. The van der Waals surface area contributed by atoms with Crippen molar-refractivity contribution in [1.29, 1.82) is 0 Å². The quantitative estimate of drug-likeness (QED) is 0.254. The molecule has 8 nitrogen and oxygen atoms in total. The number of ether oxygens (including phenoxy) is 3. The van der Waals surface area contributed by atoms with Crippen molar-refractivity contribution >= 4 is 27.8 Å². The van der Waals surface area contributed by atoms with Gasteiger partial charge in [0.1, 0.15) is 29.5 Å². The van der Waals surface area contributed by atoms with E-state index in [1.54, 1.807) is 14.2 Å². The summed E-state index contributed by atoms with van der Waals surface area (Å²) in [5.41, 5.74) is 12.8. The maximum atomic E-state index is 6.10. The van der Waals surface area contributed by atoms with Crippen LogP contribution in [0.3, 0.4) is 0 Å². The summed E-state index contributed by atoms with van der Waals surface area (Å²) in [4.78, 5) is 8.01. The number of rotatable bonds is 7. The third kappa shape index (κ3) is 4.29. The SMILES string of the molecule is COc1cc(COc2cccc(-c3cc4c(-c5ccc6[nH]nc(N)c6c5)ccnc4[nH]3)c2)cc(OC)c1. The third-order valence-corrected chi connectivity index (χ3v) is 6.40. The fourth-order valence-electron chi connectivity index (χ4n) is 4.51. The first-order chi connectivity index (χ1) is 18.1. The summed E-state index contributed by atoms with van der Waals surface area (Å²) in [6.07, 6.45) is 1.81. The van der Waals surface area contributed by atoms with Gasteiger partial charge in [-0.1, -0.05) is 18.2 Å². The lowest BCUT2D eigenvalue weighted by Crippen LogP contribution is -1.97. The highest BCUT2D eigenvalue weighted by molar-refractivity contribution is 5.99. The fraction of sp³-hybridized carbons (Fsp3) is 0.103. The number of benzene rings is 3. The van der Waals surface area contributed by atoms with Crippen LogP contribution >= 0.6 is 0 Å². The van der Waals surface area contributed by atoms with Gasteiger partial charge in [-0.05, 0) is 65.2 Å². The Balaban J connectivity index is 1.30. The van der Waals surface area contributed by atoms with Gasteiger partial charge in [0.15, 0.2) is 5.82 Å². The molecule has 0 spiro atoms. The summed E-state index contributed by atoms with van der Waals surface area (Å²) >= 11 is 0. The monoisotopic (exact) mass is 491 g/mol. The molecular formula is C29H25N5O3. The molecule has 0 saturated heterocycles. The molecule has 0 aliphatic rings. The number of anilines is 1. The molecular weight excluding hydrogens is 466 g/mol. The summed E-state index contributed by atoms with van der Waals surface area (Å²) in [5, 5.41) is 8.98. The van der Waals surface area contributed by atoms with Gasteiger partial charge in [0, 0.05) is 34.3 Å². The molecule has 0 atom stereocenters. The number of pyridine rings is 1. The predicted molar refractivity (Wildman–Crippen MR) is 145 cm³/mol. The summed E-state index contributed by atoms with van der Waals surface area (Å²) in [7, 11) is 3.27. The molecule has 0 fully saturated rings. The van der Waals surface area contributed by atoms with Crippen LogP contribution in [0.5, 0.6) is 17.2 Å². The lowest BCUT2D eigenvalue weighted by atomic mass is 10.0. The van der Waals surface area contributed by atoms with E-state index in [-0.39, 0.29) is 0 Å². The van der Waals surface area contributed by atoms with Crippen LogP contribution in [-0.4, -0.2) is 34.4 Å². The fourth-order valence-corrected chi connectivity index (χ4v) is 4.51. The van der Waals surface area contributed by atoms with Gasteiger partial charge in [-0.25, -0.2) is 4.98 Å². The van der Waals surface area contributed by atoms with Crippen molar-refractivity contribution < 1.29 is 14.2 Å². The smallest absolute Gasteiger partial charge is 0.153 e. The molecule has 3 heterocycles. The zero-order valence-corrected chi connectivity index (χ0v) is 20.4. The summed E-state index contributed by atoms with van der Waals surface area (Å²) < 4.78 is 16.8. The number of hydrogen-bond donors (Lipinski definition) is 3. The first-order valence-electron chi connectivity index (χ1n) is 11.8. The molecule has 37 heavy (non-hydrogen) atoms. The Morgan fingerprint density at radius 3 is 2.46 bits per heavy atom. The Hall–Kier alpha value is -4.98. The van der Waals surface area contributed by atoms with E-state index in [1.807, 2.05) is 60.8 Å². The van der Waals surface area contributed by atoms with Crippen LogP contribution in [0.25, 0.3) is 44.3 Å². The lowest BCUT2D eigenvalue weighted by molar-refractivity contribution is 0.304. The number of aromatic amines is 2. The van der Waals surface area contributed by atoms with Crippen molar-refractivity contribution in [1.82, 2.24) is 20.2 Å². The van der Waals surface area contributed by atoms with Crippen LogP contribution in [0.4, 0.5) is 5.82 Å². The number of nitrogen functional groups attached to an aromatic ring is 1. The standard InChI is InChI=1S/C29H25N5O3/c1-35-21-10-17(11-22(14-21)36-2)16-37-20-5-3-4-19(12-20)27-15-24-23(8-9-31-29(24)32-27)18-6-7-26-25(13-18)28(30)34-33-26/h3-15H,16H2,1-2H3,(H,31,32)(H3,30,33,34). The van der Waals surface area contributed by atoms with E-state index in [0.29, 0.717) is 12.4 Å². The molecule has 8 heteroatoms. The molecule has 0 radical (unpaired) electrons. The molecule has 4 N–H and O–H groups in total. The van der Waals surface area contributed by atoms with Crippen molar-refractivity contribution in [3.8, 4) is 39.6 Å². The number of aromatic nitrogens is 4. The molecule has 3 aromatic carbocycles. The zero-order valence-electron chi connectivity index (χ0n) is 20.4. The number of nitrogens with one attached hydrogen (secondary N) is 2. The van der Waals surface area contributed by atoms with Gasteiger partial charge < -0.3 is 24.9 Å². The van der Waals surface area contributed by atoms with Gasteiger partial charge in [-0.3, -0.25) is 5.10 Å². The minimum Gasteiger partial charge on any atom is -0.497 e. The van der Waals surface area contributed by atoms with E-state index in [2.05, 4.69) is 38.4 Å². The first kappa shape index (κ1) is 22.5. The van der Waals surface area contributed by atoms with E-state index in [1.165, 1.54) is 0 Å². The molecule has 6 aromatic rings. The van der Waals surface area contributed by atoms with Gasteiger partial charge in [0.05, 0.1) is 19.7 Å². The predicted octanol–water partition coefficient (Wildman–Crippen LogP) is 5.95. The molecule has 0 aliphatic heterocycles. The Bertz CT molecular complexity index is 1710. The average molecular weight is 492 g/mol. The molecule has 184 valence electrons. The second-order valence-corrected chi connectivity index (χ2v) is 8.71. The lowest BCUT2D eigenvalue weighted by Gasteiger charge is -2.11. The van der Waals surface area contributed by atoms with Crippen molar-refractivity contribution in [2.45, 2.75) is 6.61 Å². The summed E-state index contributed by atoms with van der Waals surface area (Å²) in [6, 6.07) is 23.9. The highest BCUT2D eigenvalue weighted by atomic mass is 16.5. The van der Waals surface area contributed by atoms with E-state index in [0.717, 1.165) is 67.1 Å². The minimum absolute atomic E-state index is 0.384. The Labute approximate surface area is 213 Å². The zero-order chi connectivity index (χ0) is 25.4. The highest BCUT2D eigenvalue weighted by Crippen LogP contribution is 2.34. The number of fused-ring (bicyclic) bond motifs is 2. The van der Waals surface area contributed by atoms with Gasteiger partial charge in [0.2, 0.25) is 0 Å². The highest BCUT2D eigenvalue weighted by Gasteiger charge is 2.12. The molecule has 6 rings (SSSR count). The average Bonchev–Trinajstić information content (AvgIpc) is 3.55. The maximum absolute atomic E-state index is 6.10. The topological polar surface area (TPSA) is 111 Å². The molecule has 0 saturated carbocycles.